The van der Waals surface area contributed by atoms with Gasteiger partial charge in [0.05, 0.1) is 5.71 Å². The topological polar surface area (TPSA) is 65.8 Å². The number of oxime groups is 1. The summed E-state index contributed by atoms with van der Waals surface area (Å²) >= 11 is 0. The minimum Gasteiger partial charge on any atom is -0.411 e. The van der Waals surface area contributed by atoms with Crippen molar-refractivity contribution in [3.8, 4) is 0 Å². The molecule has 0 saturated heterocycles. The van der Waals surface area contributed by atoms with Crippen LogP contribution in [0, 0.1) is 13.8 Å². The van der Waals surface area contributed by atoms with Crippen molar-refractivity contribution < 1.29 is 10.0 Å². The maximum atomic E-state index is 12.3. The quantitative estimate of drug-likeness (QED) is 0.366. The zero-order valence-corrected chi connectivity index (χ0v) is 17.8. The van der Waals surface area contributed by atoms with E-state index in [-0.39, 0.29) is 11.8 Å². The van der Waals surface area contributed by atoms with Crippen LogP contribution in [0.5, 0.6) is 0 Å². The molecule has 3 rings (SSSR count). The number of hydrogen-bond acceptors (Lipinski definition) is 4. The van der Waals surface area contributed by atoms with Gasteiger partial charge in [-0.25, -0.2) is 0 Å². The summed E-state index contributed by atoms with van der Waals surface area (Å²) in [6.07, 6.45) is 2.24. The Bertz CT molecular complexity index is 1060. The molecule has 0 spiro atoms. The highest BCUT2D eigenvalue weighted by molar-refractivity contribution is 6.01. The number of aromatic nitrogens is 1. The lowest BCUT2D eigenvalue weighted by Crippen LogP contribution is -2.21. The number of rotatable bonds is 6. The monoisotopic (exact) mass is 401 g/mol. The number of hydrogen-bond donors (Lipinski definition) is 1. The van der Waals surface area contributed by atoms with Crippen molar-refractivity contribution in [1.82, 2.24) is 9.88 Å². The molecule has 3 aromatic rings. The van der Waals surface area contributed by atoms with E-state index >= 15 is 0 Å². The summed E-state index contributed by atoms with van der Waals surface area (Å²) in [6, 6.07) is 19.7. The van der Waals surface area contributed by atoms with E-state index in [9.17, 15) is 10.0 Å². The molecule has 0 fully saturated rings. The van der Waals surface area contributed by atoms with Crippen LogP contribution in [0.15, 0.2) is 72.0 Å². The molecule has 5 nitrogen and oxygen atoms in total. The van der Waals surface area contributed by atoms with Crippen LogP contribution in [0.1, 0.15) is 50.6 Å². The number of amides is 1. The van der Waals surface area contributed by atoms with Crippen molar-refractivity contribution in [1.29, 1.82) is 0 Å². The molecule has 0 radical (unpaired) electrons. The Kier molecular flexibility index (Phi) is 6.62. The lowest BCUT2D eigenvalue weighted by Gasteiger charge is -2.21. The summed E-state index contributed by atoms with van der Waals surface area (Å²) in [6.45, 7) is 4.00. The second kappa shape index (κ2) is 9.35. The second-order valence-electron chi connectivity index (χ2n) is 7.67. The first-order valence-electron chi connectivity index (χ1n) is 9.91. The Morgan fingerprint density at radius 2 is 1.73 bits per heavy atom. The van der Waals surface area contributed by atoms with E-state index in [1.165, 1.54) is 5.56 Å². The van der Waals surface area contributed by atoms with Gasteiger partial charge < -0.3 is 10.1 Å². The Morgan fingerprint density at radius 3 is 2.33 bits per heavy atom. The number of nitrogens with zero attached hydrogens (tertiary/aromatic N) is 3. The van der Waals surface area contributed by atoms with Crippen LogP contribution in [-0.2, 0) is 0 Å². The standard InChI is InChI=1S/C25H27N3O2/c1-17-7-5-6-8-22(17)23(16-24(27-30)21-13-14-26-18(2)15-21)19-9-11-20(12-10-19)25(29)28(3)4/h5-15,23,30H,16H2,1-4H3/b27-24+/t23-/m1/s1. The van der Waals surface area contributed by atoms with Crippen LogP contribution in [-0.4, -0.2) is 40.8 Å². The van der Waals surface area contributed by atoms with E-state index in [1.807, 2.05) is 55.5 Å². The van der Waals surface area contributed by atoms with Crippen molar-refractivity contribution in [2.75, 3.05) is 14.1 Å². The maximum absolute atomic E-state index is 12.3. The Hall–Kier alpha value is -3.47. The average molecular weight is 402 g/mol. The van der Waals surface area contributed by atoms with Crippen LogP contribution >= 0.6 is 0 Å². The number of benzene rings is 2. The summed E-state index contributed by atoms with van der Waals surface area (Å²) in [5, 5.41) is 13.4. The first kappa shape index (κ1) is 21.2. The molecule has 0 bridgehead atoms. The minimum absolute atomic E-state index is 0.0194. The third-order valence-electron chi connectivity index (χ3n) is 5.28. The summed E-state index contributed by atoms with van der Waals surface area (Å²) in [5.41, 5.74) is 6.35. The average Bonchev–Trinajstić information content (AvgIpc) is 2.75. The van der Waals surface area contributed by atoms with Gasteiger partial charge >= 0.3 is 0 Å². The molecule has 0 aliphatic heterocycles. The lowest BCUT2D eigenvalue weighted by molar-refractivity contribution is 0.0827. The van der Waals surface area contributed by atoms with Crippen LogP contribution in [0.3, 0.4) is 0 Å². The van der Waals surface area contributed by atoms with Gasteiger partial charge in [0.2, 0.25) is 0 Å². The molecule has 0 unspecified atom stereocenters. The normalized spacial score (nSPS) is 12.5. The highest BCUT2D eigenvalue weighted by atomic mass is 16.4. The predicted molar refractivity (Wildman–Crippen MR) is 119 cm³/mol. The van der Waals surface area contributed by atoms with Crippen LogP contribution in [0.25, 0.3) is 0 Å². The minimum atomic E-state index is -0.0288. The predicted octanol–water partition coefficient (Wildman–Crippen LogP) is 4.80. The second-order valence-corrected chi connectivity index (χ2v) is 7.67. The summed E-state index contributed by atoms with van der Waals surface area (Å²) in [4.78, 5) is 18.1. The molecule has 1 aromatic heterocycles. The SMILES string of the molecule is Cc1cc(/C(C[C@H](c2ccc(C(=O)N(C)C)cc2)c2ccccc2C)=N/O)ccn1. The fraction of sp³-hybridized carbons (Fsp3) is 0.240. The third-order valence-corrected chi connectivity index (χ3v) is 5.28. The highest BCUT2D eigenvalue weighted by Crippen LogP contribution is 2.32. The summed E-state index contributed by atoms with van der Waals surface area (Å²) in [5.74, 6) is -0.0482. The van der Waals surface area contributed by atoms with Crippen molar-refractivity contribution in [3.05, 3.63) is 100 Å². The number of aryl methyl sites for hydroxylation is 2. The molecule has 5 heteroatoms. The van der Waals surface area contributed by atoms with Gasteiger partial charge in [-0.05, 0) is 54.8 Å². The fourth-order valence-electron chi connectivity index (χ4n) is 3.64. The molecule has 1 amide bonds. The van der Waals surface area contributed by atoms with Gasteiger partial charge in [0.1, 0.15) is 0 Å². The summed E-state index contributed by atoms with van der Waals surface area (Å²) in [7, 11) is 3.49. The zero-order chi connectivity index (χ0) is 21.7. The van der Waals surface area contributed by atoms with Gasteiger partial charge in [-0.15, -0.1) is 0 Å². The van der Waals surface area contributed by atoms with Gasteiger partial charge in [0, 0.05) is 49.5 Å². The van der Waals surface area contributed by atoms with Crippen LogP contribution < -0.4 is 0 Å². The van der Waals surface area contributed by atoms with Crippen LogP contribution in [0.2, 0.25) is 0 Å². The fourth-order valence-corrected chi connectivity index (χ4v) is 3.64. The maximum Gasteiger partial charge on any atom is 0.253 e. The Balaban J connectivity index is 2.01. The first-order chi connectivity index (χ1) is 14.4. The molecule has 0 aliphatic rings. The van der Waals surface area contributed by atoms with Crippen molar-refractivity contribution in [2.24, 2.45) is 5.16 Å². The molecule has 1 heterocycles. The molecule has 1 atom stereocenters. The molecule has 154 valence electrons. The molecule has 0 saturated carbocycles. The number of carbonyl (C=O) groups excluding carboxylic acids is 1. The first-order valence-corrected chi connectivity index (χ1v) is 9.91. The van der Waals surface area contributed by atoms with Crippen molar-refractivity contribution in [3.63, 3.8) is 0 Å². The van der Waals surface area contributed by atoms with E-state index in [0.29, 0.717) is 17.7 Å². The molecule has 1 N–H and O–H groups in total. The lowest BCUT2D eigenvalue weighted by atomic mass is 9.83. The van der Waals surface area contributed by atoms with Crippen molar-refractivity contribution in [2.45, 2.75) is 26.2 Å². The molecular formula is C25H27N3O2. The highest BCUT2D eigenvalue weighted by Gasteiger charge is 2.21. The van der Waals surface area contributed by atoms with E-state index in [0.717, 1.165) is 22.4 Å². The third kappa shape index (κ3) is 4.74. The van der Waals surface area contributed by atoms with Gasteiger partial charge in [-0.2, -0.15) is 0 Å². The van der Waals surface area contributed by atoms with Gasteiger partial charge in [-0.1, -0.05) is 41.6 Å². The molecule has 0 aliphatic carbocycles. The molecule has 2 aromatic carbocycles. The van der Waals surface area contributed by atoms with E-state index < -0.39 is 0 Å². The number of carbonyl (C=O) groups is 1. The van der Waals surface area contributed by atoms with Crippen LogP contribution in [0.4, 0.5) is 0 Å². The van der Waals surface area contributed by atoms with E-state index in [2.05, 4.69) is 29.2 Å². The smallest absolute Gasteiger partial charge is 0.253 e. The van der Waals surface area contributed by atoms with E-state index in [4.69, 9.17) is 0 Å². The largest absolute Gasteiger partial charge is 0.411 e. The van der Waals surface area contributed by atoms with Gasteiger partial charge in [0.25, 0.3) is 5.91 Å². The zero-order valence-electron chi connectivity index (χ0n) is 17.8. The number of pyridine rings is 1. The van der Waals surface area contributed by atoms with Gasteiger partial charge in [0.15, 0.2) is 0 Å². The van der Waals surface area contributed by atoms with Gasteiger partial charge in [-0.3, -0.25) is 9.78 Å². The Morgan fingerprint density at radius 1 is 1.03 bits per heavy atom. The van der Waals surface area contributed by atoms with E-state index in [1.54, 1.807) is 25.2 Å². The summed E-state index contributed by atoms with van der Waals surface area (Å²) < 4.78 is 0. The Labute approximate surface area is 177 Å². The van der Waals surface area contributed by atoms with Crippen molar-refractivity contribution >= 4 is 11.6 Å². The molecular weight excluding hydrogens is 374 g/mol. The molecule has 30 heavy (non-hydrogen) atoms.